The lowest BCUT2D eigenvalue weighted by Gasteiger charge is -2.27. The molecule has 1 aromatic carbocycles. The maximum atomic E-state index is 12.5. The van der Waals surface area contributed by atoms with Crippen LogP contribution in [0.25, 0.3) is 0 Å². The van der Waals surface area contributed by atoms with Crippen LogP contribution in [0, 0.1) is 16.4 Å². The maximum Gasteiger partial charge on any atom is 0.270 e. The first-order chi connectivity index (χ1) is 11.0. The number of ketones is 1. The van der Waals surface area contributed by atoms with Crippen molar-refractivity contribution < 1.29 is 4.79 Å². The molecule has 1 fully saturated rings. The molecule has 0 amide bonds. The van der Waals surface area contributed by atoms with Gasteiger partial charge in [0.1, 0.15) is 5.78 Å². The Balaban J connectivity index is 1.99. The molecule has 2 unspecified atom stereocenters. The van der Waals surface area contributed by atoms with Crippen molar-refractivity contribution in [2.75, 3.05) is 0 Å². The molecule has 1 saturated carbocycles. The Kier molecular flexibility index (Phi) is 3.33. The minimum atomic E-state index is -0.287. The number of aliphatic imine (C=N–C) groups is 1. The Morgan fingerprint density at radius 2 is 2.04 bits per heavy atom. The topological polar surface area (TPSA) is 67.2 Å². The molecule has 0 radical (unpaired) electrons. The molecule has 1 N–H and O–H groups in total. The number of hydrogen-bond acceptors (Lipinski definition) is 3. The van der Waals surface area contributed by atoms with Crippen molar-refractivity contribution in [2.24, 2.45) is 18.0 Å². The van der Waals surface area contributed by atoms with Crippen LogP contribution in [0.15, 0.2) is 28.0 Å². The fourth-order valence-corrected chi connectivity index (χ4v) is 4.22. The fraction of sp³-hybridized carbons (Fsp3) is 0.353. The van der Waals surface area contributed by atoms with Crippen LogP contribution in [0.5, 0.6) is 0 Å². The van der Waals surface area contributed by atoms with E-state index in [4.69, 9.17) is 0 Å². The normalized spacial score (nSPS) is 22.7. The van der Waals surface area contributed by atoms with E-state index < -0.39 is 0 Å². The van der Waals surface area contributed by atoms with Gasteiger partial charge in [-0.05, 0) is 53.1 Å². The van der Waals surface area contributed by atoms with Gasteiger partial charge in [-0.2, -0.15) is 0 Å². The SMILES string of the molecule is Cc1ccc(C2c3c(n(C)[nH]c3=O)N=C3CCC(=O)C32)cc1I. The van der Waals surface area contributed by atoms with Crippen molar-refractivity contribution in [3.63, 3.8) is 0 Å². The standard InChI is InChI=1S/C17H16IN3O2/c1-8-3-4-9(7-10(8)18)13-14-11(5-6-12(14)22)19-16-15(13)17(23)20-21(16)2/h3-4,7,13-14H,5-6H2,1-2H3,(H,20,23). The first kappa shape index (κ1) is 14.9. The number of nitrogens with one attached hydrogen (secondary N) is 1. The molecule has 23 heavy (non-hydrogen) atoms. The summed E-state index contributed by atoms with van der Waals surface area (Å²) in [7, 11) is 1.79. The second-order valence-corrected chi connectivity index (χ2v) is 7.43. The van der Waals surface area contributed by atoms with Gasteiger partial charge in [0.05, 0.1) is 11.5 Å². The van der Waals surface area contributed by atoms with E-state index in [-0.39, 0.29) is 23.2 Å². The van der Waals surface area contributed by atoms with E-state index in [0.717, 1.165) is 14.8 Å². The number of halogens is 1. The fourth-order valence-electron chi connectivity index (χ4n) is 3.68. The summed E-state index contributed by atoms with van der Waals surface area (Å²) in [6, 6.07) is 6.18. The lowest BCUT2D eigenvalue weighted by Crippen LogP contribution is -2.30. The number of Topliss-reactive ketones (excluding diaryl/α,β-unsaturated/α-hetero) is 1. The predicted octanol–water partition coefficient (Wildman–Crippen LogP) is 2.82. The second-order valence-electron chi connectivity index (χ2n) is 6.27. The summed E-state index contributed by atoms with van der Waals surface area (Å²) in [5.74, 6) is 0.339. The molecule has 0 spiro atoms. The molecule has 2 aromatic rings. The van der Waals surface area contributed by atoms with Crippen molar-refractivity contribution in [2.45, 2.75) is 25.7 Å². The Morgan fingerprint density at radius 1 is 1.26 bits per heavy atom. The van der Waals surface area contributed by atoms with Crippen molar-refractivity contribution in [1.82, 2.24) is 9.78 Å². The highest BCUT2D eigenvalue weighted by Gasteiger charge is 2.44. The number of benzene rings is 1. The van der Waals surface area contributed by atoms with E-state index in [0.29, 0.717) is 24.2 Å². The van der Waals surface area contributed by atoms with Gasteiger partial charge in [-0.25, -0.2) is 4.99 Å². The Labute approximate surface area is 146 Å². The van der Waals surface area contributed by atoms with E-state index in [1.807, 2.05) is 6.07 Å². The van der Waals surface area contributed by atoms with Crippen molar-refractivity contribution in [3.05, 3.63) is 48.8 Å². The maximum absolute atomic E-state index is 12.5. The molecule has 6 heteroatoms. The number of aryl methyl sites for hydroxylation is 2. The van der Waals surface area contributed by atoms with Crippen LogP contribution in [0.2, 0.25) is 0 Å². The average molecular weight is 421 g/mol. The van der Waals surface area contributed by atoms with Gasteiger partial charge in [0, 0.05) is 28.7 Å². The van der Waals surface area contributed by atoms with E-state index >= 15 is 0 Å². The van der Waals surface area contributed by atoms with Crippen LogP contribution in [0.1, 0.15) is 35.4 Å². The third kappa shape index (κ3) is 2.14. The third-order valence-electron chi connectivity index (χ3n) is 4.85. The number of aromatic nitrogens is 2. The lowest BCUT2D eigenvalue weighted by atomic mass is 9.77. The first-order valence-electron chi connectivity index (χ1n) is 7.62. The largest absolute Gasteiger partial charge is 0.299 e. The van der Waals surface area contributed by atoms with Crippen LogP contribution >= 0.6 is 22.6 Å². The molecular weight excluding hydrogens is 405 g/mol. The monoisotopic (exact) mass is 421 g/mol. The Hall–Kier alpha value is -1.70. The van der Waals surface area contributed by atoms with Gasteiger partial charge < -0.3 is 0 Å². The lowest BCUT2D eigenvalue weighted by molar-refractivity contribution is -0.120. The third-order valence-corrected chi connectivity index (χ3v) is 6.02. The molecule has 0 bridgehead atoms. The van der Waals surface area contributed by atoms with Crippen molar-refractivity contribution >= 4 is 39.9 Å². The Morgan fingerprint density at radius 3 is 2.78 bits per heavy atom. The quantitative estimate of drug-likeness (QED) is 0.720. The summed E-state index contributed by atoms with van der Waals surface area (Å²) < 4.78 is 2.80. The van der Waals surface area contributed by atoms with Crippen LogP contribution in [-0.4, -0.2) is 21.3 Å². The molecule has 1 aromatic heterocycles. The number of rotatable bonds is 1. The molecule has 1 aliphatic heterocycles. The summed E-state index contributed by atoms with van der Waals surface area (Å²) in [4.78, 5) is 29.5. The van der Waals surface area contributed by atoms with E-state index in [9.17, 15) is 9.59 Å². The zero-order chi connectivity index (χ0) is 16.3. The van der Waals surface area contributed by atoms with E-state index in [2.05, 4.69) is 51.7 Å². The van der Waals surface area contributed by atoms with Gasteiger partial charge >= 0.3 is 0 Å². The predicted molar refractivity (Wildman–Crippen MR) is 96.6 cm³/mol. The minimum absolute atomic E-state index is 0.148. The Bertz CT molecular complexity index is 922. The van der Waals surface area contributed by atoms with Crippen LogP contribution in [0.3, 0.4) is 0 Å². The highest BCUT2D eigenvalue weighted by Crippen LogP contribution is 2.44. The number of carbonyl (C=O) groups excluding carboxylic acids is 1. The molecular formula is C17H16IN3O2. The molecule has 2 atom stereocenters. The van der Waals surface area contributed by atoms with Gasteiger partial charge in [0.15, 0.2) is 5.82 Å². The minimum Gasteiger partial charge on any atom is -0.299 e. The zero-order valence-electron chi connectivity index (χ0n) is 12.9. The van der Waals surface area contributed by atoms with Gasteiger partial charge in [-0.3, -0.25) is 19.4 Å². The molecule has 2 aliphatic rings. The van der Waals surface area contributed by atoms with Crippen LogP contribution in [-0.2, 0) is 11.8 Å². The van der Waals surface area contributed by atoms with Gasteiger partial charge in [-0.15, -0.1) is 0 Å². The van der Waals surface area contributed by atoms with Crippen molar-refractivity contribution in [3.8, 4) is 0 Å². The molecule has 2 heterocycles. The highest BCUT2D eigenvalue weighted by atomic mass is 127. The van der Waals surface area contributed by atoms with Crippen molar-refractivity contribution in [1.29, 1.82) is 0 Å². The number of aromatic amines is 1. The van der Waals surface area contributed by atoms with Gasteiger partial charge in [0.2, 0.25) is 0 Å². The number of hydrogen-bond donors (Lipinski definition) is 1. The van der Waals surface area contributed by atoms with Gasteiger partial charge in [-0.1, -0.05) is 12.1 Å². The summed E-state index contributed by atoms with van der Waals surface area (Å²) >= 11 is 2.30. The number of H-pyrrole nitrogens is 1. The number of fused-ring (bicyclic) bond motifs is 2. The molecule has 1 aliphatic carbocycles. The second kappa shape index (κ2) is 5.15. The summed E-state index contributed by atoms with van der Waals surface area (Å²) in [6.07, 6.45) is 1.22. The van der Waals surface area contributed by atoms with E-state index in [1.54, 1.807) is 11.7 Å². The van der Waals surface area contributed by atoms with Gasteiger partial charge in [0.25, 0.3) is 5.56 Å². The summed E-state index contributed by atoms with van der Waals surface area (Å²) in [6.45, 7) is 2.06. The van der Waals surface area contributed by atoms with Crippen LogP contribution in [0.4, 0.5) is 5.82 Å². The number of nitrogens with zero attached hydrogens (tertiary/aromatic N) is 2. The molecule has 0 saturated heterocycles. The zero-order valence-corrected chi connectivity index (χ0v) is 15.0. The highest BCUT2D eigenvalue weighted by molar-refractivity contribution is 14.1. The number of carbonyl (C=O) groups is 1. The van der Waals surface area contributed by atoms with Crippen LogP contribution < -0.4 is 5.56 Å². The average Bonchev–Trinajstić information content (AvgIpc) is 3.02. The first-order valence-corrected chi connectivity index (χ1v) is 8.70. The molecule has 5 nitrogen and oxygen atoms in total. The molecule has 4 rings (SSSR count). The van der Waals surface area contributed by atoms with E-state index in [1.165, 1.54) is 5.56 Å². The molecule has 118 valence electrons. The summed E-state index contributed by atoms with van der Waals surface area (Å²) in [5.41, 5.74) is 3.60. The summed E-state index contributed by atoms with van der Waals surface area (Å²) in [5, 5.41) is 2.79. The smallest absolute Gasteiger partial charge is 0.270 e.